The Morgan fingerprint density at radius 1 is 1.15 bits per heavy atom. The van der Waals surface area contributed by atoms with Crippen molar-refractivity contribution in [3.8, 4) is 0 Å². The first kappa shape index (κ1) is 19.7. The molecule has 0 radical (unpaired) electrons. The normalized spacial score (nSPS) is 16.6. The summed E-state index contributed by atoms with van der Waals surface area (Å²) in [6.45, 7) is 4.65. The molecule has 1 aliphatic rings. The first-order chi connectivity index (χ1) is 12.0. The number of imide groups is 2. The van der Waals surface area contributed by atoms with E-state index in [1.807, 2.05) is 10.6 Å². The number of amides is 5. The van der Waals surface area contributed by atoms with Gasteiger partial charge in [-0.3, -0.25) is 25.4 Å². The lowest BCUT2D eigenvalue weighted by Crippen LogP contribution is -2.74. The fourth-order valence-electron chi connectivity index (χ4n) is 2.33. The van der Waals surface area contributed by atoms with Crippen LogP contribution in [0.25, 0.3) is 0 Å². The SMILES string of the molecule is CC(C)(C)OC(=O)N(O)C1(Cc2ccc(Cl)cc2)C(=O)NC(=O)NC1=O. The number of carbonyl (C=O) groups excluding carboxylic acids is 4. The van der Waals surface area contributed by atoms with Crippen molar-refractivity contribution in [3.05, 3.63) is 34.9 Å². The van der Waals surface area contributed by atoms with Crippen LogP contribution in [0.4, 0.5) is 9.59 Å². The van der Waals surface area contributed by atoms with Gasteiger partial charge in [0.05, 0.1) is 0 Å². The highest BCUT2D eigenvalue weighted by Crippen LogP contribution is 2.26. The third-order valence-electron chi connectivity index (χ3n) is 3.51. The van der Waals surface area contributed by atoms with E-state index >= 15 is 0 Å². The van der Waals surface area contributed by atoms with E-state index in [1.54, 1.807) is 20.8 Å². The molecule has 1 aliphatic heterocycles. The lowest BCUT2D eigenvalue weighted by molar-refractivity contribution is -0.182. The highest BCUT2D eigenvalue weighted by molar-refractivity contribution is 6.30. The van der Waals surface area contributed by atoms with Crippen molar-refractivity contribution in [3.63, 3.8) is 0 Å². The number of hydrogen-bond acceptors (Lipinski definition) is 6. The van der Waals surface area contributed by atoms with Crippen LogP contribution in [-0.2, 0) is 20.7 Å². The molecule has 1 aromatic rings. The van der Waals surface area contributed by atoms with E-state index in [1.165, 1.54) is 24.3 Å². The quantitative estimate of drug-likeness (QED) is 0.413. The van der Waals surface area contributed by atoms with Gasteiger partial charge in [0.2, 0.25) is 5.54 Å². The summed E-state index contributed by atoms with van der Waals surface area (Å²) in [6, 6.07) is 5.02. The van der Waals surface area contributed by atoms with Gasteiger partial charge >= 0.3 is 12.1 Å². The molecule has 26 heavy (non-hydrogen) atoms. The summed E-state index contributed by atoms with van der Waals surface area (Å²) in [7, 11) is 0. The van der Waals surface area contributed by atoms with Gasteiger partial charge in [0.25, 0.3) is 11.8 Å². The second-order valence-electron chi connectivity index (χ2n) is 6.69. The maximum atomic E-state index is 12.5. The molecule has 0 spiro atoms. The van der Waals surface area contributed by atoms with E-state index in [2.05, 4.69) is 0 Å². The Morgan fingerprint density at radius 3 is 2.12 bits per heavy atom. The molecule has 0 aliphatic carbocycles. The van der Waals surface area contributed by atoms with Crippen molar-refractivity contribution in [2.24, 2.45) is 0 Å². The van der Waals surface area contributed by atoms with Crippen LogP contribution in [0.5, 0.6) is 0 Å². The van der Waals surface area contributed by atoms with Crippen LogP contribution in [-0.4, -0.2) is 45.3 Å². The highest BCUT2D eigenvalue weighted by Gasteiger charge is 2.57. The van der Waals surface area contributed by atoms with Gasteiger partial charge < -0.3 is 4.74 Å². The van der Waals surface area contributed by atoms with Crippen LogP contribution in [0, 0.1) is 0 Å². The third-order valence-corrected chi connectivity index (χ3v) is 3.76. The van der Waals surface area contributed by atoms with E-state index in [-0.39, 0.29) is 5.06 Å². The molecule has 1 fully saturated rings. The van der Waals surface area contributed by atoms with Gasteiger partial charge in [0, 0.05) is 11.4 Å². The molecule has 0 bridgehead atoms. The second kappa shape index (κ2) is 6.93. The molecule has 0 unspecified atom stereocenters. The molecule has 10 heteroatoms. The zero-order chi connectivity index (χ0) is 19.7. The number of carbonyl (C=O) groups is 4. The first-order valence-electron chi connectivity index (χ1n) is 7.59. The molecule has 3 N–H and O–H groups in total. The third kappa shape index (κ3) is 3.94. The van der Waals surface area contributed by atoms with Crippen LogP contribution in [0.15, 0.2) is 24.3 Å². The van der Waals surface area contributed by atoms with Crippen LogP contribution >= 0.6 is 11.6 Å². The maximum absolute atomic E-state index is 12.5. The van der Waals surface area contributed by atoms with E-state index in [0.29, 0.717) is 10.6 Å². The number of rotatable bonds is 3. The lowest BCUT2D eigenvalue weighted by Gasteiger charge is -2.39. The van der Waals surface area contributed by atoms with E-state index in [4.69, 9.17) is 16.3 Å². The molecule has 1 heterocycles. The number of halogens is 1. The number of ether oxygens (including phenoxy) is 1. The van der Waals surface area contributed by atoms with Crippen molar-refractivity contribution >= 4 is 35.5 Å². The van der Waals surface area contributed by atoms with Gasteiger partial charge in [-0.05, 0) is 38.5 Å². The fourth-order valence-corrected chi connectivity index (χ4v) is 2.46. The number of barbiturate groups is 1. The van der Waals surface area contributed by atoms with Gasteiger partial charge in [-0.2, -0.15) is 5.06 Å². The summed E-state index contributed by atoms with van der Waals surface area (Å²) in [4.78, 5) is 48.6. The number of hydrogen-bond donors (Lipinski definition) is 3. The van der Waals surface area contributed by atoms with Crippen molar-refractivity contribution in [2.45, 2.75) is 38.3 Å². The molecule has 0 saturated carbocycles. The summed E-state index contributed by atoms with van der Waals surface area (Å²) < 4.78 is 5.03. The van der Waals surface area contributed by atoms with Crippen molar-refractivity contribution in [1.82, 2.24) is 15.7 Å². The average molecular weight is 384 g/mol. The molecule has 5 amide bonds. The van der Waals surface area contributed by atoms with Gasteiger partial charge in [-0.1, -0.05) is 23.7 Å². The lowest BCUT2D eigenvalue weighted by atomic mass is 9.87. The van der Waals surface area contributed by atoms with E-state index in [0.717, 1.165) is 0 Å². The Kier molecular flexibility index (Phi) is 5.24. The number of nitrogens with one attached hydrogen (secondary N) is 2. The first-order valence-corrected chi connectivity index (χ1v) is 7.97. The van der Waals surface area contributed by atoms with Crippen LogP contribution < -0.4 is 10.6 Å². The Hall–Kier alpha value is -2.65. The molecule has 2 rings (SSSR count). The standard InChI is InChI=1S/C16H18ClN3O6/c1-15(2,3)26-14(24)20(25)16(8-9-4-6-10(17)7-5-9)11(21)18-13(23)19-12(16)22/h4-7,25H,8H2,1-3H3,(H2,18,19,21,22,23). The summed E-state index contributed by atoms with van der Waals surface area (Å²) in [5.41, 5.74) is -3.00. The van der Waals surface area contributed by atoms with Crippen molar-refractivity contribution in [1.29, 1.82) is 0 Å². The number of nitrogens with zero attached hydrogens (tertiary/aromatic N) is 1. The summed E-state index contributed by atoms with van der Waals surface area (Å²) in [5, 5.41) is 14.5. The van der Waals surface area contributed by atoms with Crippen LogP contribution in [0.1, 0.15) is 26.3 Å². The largest absolute Gasteiger partial charge is 0.442 e. The zero-order valence-corrected chi connectivity index (χ0v) is 15.1. The number of urea groups is 1. The minimum Gasteiger partial charge on any atom is -0.442 e. The molecular formula is C16H18ClN3O6. The summed E-state index contributed by atoms with van der Waals surface area (Å²) in [5.74, 6) is -2.32. The van der Waals surface area contributed by atoms with Gasteiger partial charge in [-0.15, -0.1) is 0 Å². The predicted molar refractivity (Wildman–Crippen MR) is 89.4 cm³/mol. The predicted octanol–water partition coefficient (Wildman–Crippen LogP) is 1.61. The Labute approximate surface area is 154 Å². The van der Waals surface area contributed by atoms with E-state index in [9.17, 15) is 24.4 Å². The minimum absolute atomic E-state index is 0.0933. The molecule has 0 aromatic heterocycles. The molecule has 9 nitrogen and oxygen atoms in total. The number of benzene rings is 1. The molecule has 1 aromatic carbocycles. The molecule has 0 atom stereocenters. The summed E-state index contributed by atoms with van der Waals surface area (Å²) >= 11 is 5.81. The zero-order valence-electron chi connectivity index (χ0n) is 14.3. The van der Waals surface area contributed by atoms with Crippen molar-refractivity contribution < 1.29 is 29.1 Å². The second-order valence-corrected chi connectivity index (χ2v) is 7.13. The van der Waals surface area contributed by atoms with Crippen molar-refractivity contribution in [2.75, 3.05) is 0 Å². The topological polar surface area (TPSA) is 125 Å². The molecule has 1 saturated heterocycles. The average Bonchev–Trinajstić information content (AvgIpc) is 2.50. The molecule has 140 valence electrons. The minimum atomic E-state index is -2.43. The molecular weight excluding hydrogens is 366 g/mol. The fraction of sp³-hybridized carbons (Fsp3) is 0.375. The number of hydroxylamine groups is 2. The van der Waals surface area contributed by atoms with Gasteiger partial charge in [0.1, 0.15) is 5.60 Å². The van der Waals surface area contributed by atoms with Crippen LogP contribution in [0.2, 0.25) is 5.02 Å². The monoisotopic (exact) mass is 383 g/mol. The van der Waals surface area contributed by atoms with Gasteiger partial charge in [-0.25, -0.2) is 9.59 Å². The Morgan fingerprint density at radius 2 is 1.65 bits per heavy atom. The summed E-state index contributed by atoms with van der Waals surface area (Å²) in [6.07, 6.45) is -1.73. The van der Waals surface area contributed by atoms with Crippen LogP contribution in [0.3, 0.4) is 0 Å². The van der Waals surface area contributed by atoms with E-state index < -0.39 is 41.5 Å². The smallest absolute Gasteiger partial charge is 0.435 e. The maximum Gasteiger partial charge on any atom is 0.435 e. The Bertz CT molecular complexity index is 736. The van der Waals surface area contributed by atoms with Gasteiger partial charge in [0.15, 0.2) is 0 Å². The highest BCUT2D eigenvalue weighted by atomic mass is 35.5. The Balaban J connectivity index is 2.46.